The highest BCUT2D eigenvalue weighted by Gasteiger charge is 2.22. The number of aryl methyl sites for hydroxylation is 3. The molecule has 1 aromatic heterocycles. The van der Waals surface area contributed by atoms with Gasteiger partial charge in [0.25, 0.3) is 0 Å². The van der Waals surface area contributed by atoms with E-state index < -0.39 is 0 Å². The van der Waals surface area contributed by atoms with E-state index in [9.17, 15) is 0 Å². The van der Waals surface area contributed by atoms with Crippen molar-refractivity contribution in [2.24, 2.45) is 5.92 Å². The minimum atomic E-state index is 0.811. The standard InChI is InChI=1S/C22H30N4.C5H12.C2H7N/c1-6-7-10-24-11-12-25(20(5)15-24)22-14-19(4)26(23-22)16-21-13-17(2)8-9-18(21)3;1-4-5(2)3;1-3-2/h6,8-9,13-14H,1,5,7,10-12,15-16H2,2-4H3;5H,4H2,1-3H3;3H,1-2H3. The normalized spacial score (nSPS) is 13.8. The molecular formula is C29H49N5. The number of anilines is 1. The summed E-state index contributed by atoms with van der Waals surface area (Å²) in [5.41, 5.74) is 6.24. The molecule has 1 saturated heterocycles. The molecule has 0 radical (unpaired) electrons. The van der Waals surface area contributed by atoms with Crippen molar-refractivity contribution < 1.29 is 0 Å². The molecule has 0 amide bonds. The number of rotatable bonds is 7. The first-order chi connectivity index (χ1) is 16.2. The maximum Gasteiger partial charge on any atom is 0.155 e. The van der Waals surface area contributed by atoms with Crippen LogP contribution in [0.25, 0.3) is 0 Å². The van der Waals surface area contributed by atoms with Gasteiger partial charge in [-0.15, -0.1) is 6.58 Å². The van der Waals surface area contributed by atoms with Gasteiger partial charge < -0.3 is 10.2 Å². The summed E-state index contributed by atoms with van der Waals surface area (Å²) in [4.78, 5) is 4.69. The van der Waals surface area contributed by atoms with Gasteiger partial charge in [-0.2, -0.15) is 5.10 Å². The van der Waals surface area contributed by atoms with Crippen LogP contribution in [0.15, 0.2) is 49.2 Å². The Morgan fingerprint density at radius 3 is 2.32 bits per heavy atom. The van der Waals surface area contributed by atoms with Crippen LogP contribution in [0.2, 0.25) is 0 Å². The average Bonchev–Trinajstić information content (AvgIpc) is 3.15. The van der Waals surface area contributed by atoms with Gasteiger partial charge in [0.15, 0.2) is 5.82 Å². The first-order valence-corrected chi connectivity index (χ1v) is 12.6. The molecule has 0 saturated carbocycles. The molecule has 1 aromatic carbocycles. The zero-order valence-corrected chi connectivity index (χ0v) is 23.1. The number of hydrogen-bond acceptors (Lipinski definition) is 4. The summed E-state index contributed by atoms with van der Waals surface area (Å²) in [5, 5.41) is 7.63. The molecule has 2 heterocycles. The fourth-order valence-electron chi connectivity index (χ4n) is 3.48. The van der Waals surface area contributed by atoms with E-state index in [-0.39, 0.29) is 0 Å². The van der Waals surface area contributed by atoms with Crippen molar-refractivity contribution in [3.8, 4) is 0 Å². The summed E-state index contributed by atoms with van der Waals surface area (Å²) >= 11 is 0. The molecule has 0 atom stereocenters. The van der Waals surface area contributed by atoms with Crippen molar-refractivity contribution in [2.75, 3.05) is 45.2 Å². The highest BCUT2D eigenvalue weighted by molar-refractivity contribution is 5.47. The van der Waals surface area contributed by atoms with Crippen LogP contribution in [0.5, 0.6) is 0 Å². The number of nitrogens with one attached hydrogen (secondary N) is 1. The molecule has 2 aromatic rings. The van der Waals surface area contributed by atoms with Gasteiger partial charge in [0.1, 0.15) is 0 Å². The zero-order valence-electron chi connectivity index (χ0n) is 23.1. The molecule has 1 fully saturated rings. The van der Waals surface area contributed by atoms with Crippen LogP contribution in [0.4, 0.5) is 5.82 Å². The Balaban J connectivity index is 0.000000629. The van der Waals surface area contributed by atoms with Crippen LogP contribution < -0.4 is 10.2 Å². The summed E-state index contributed by atoms with van der Waals surface area (Å²) in [6, 6.07) is 8.79. The highest BCUT2D eigenvalue weighted by Crippen LogP contribution is 2.23. The number of piperazine rings is 1. The number of hydrogen-bond donors (Lipinski definition) is 1. The third kappa shape index (κ3) is 9.86. The first-order valence-electron chi connectivity index (χ1n) is 12.6. The maximum absolute atomic E-state index is 4.88. The smallest absolute Gasteiger partial charge is 0.155 e. The summed E-state index contributed by atoms with van der Waals surface area (Å²) in [7, 11) is 3.75. The third-order valence-corrected chi connectivity index (χ3v) is 5.96. The fourth-order valence-corrected chi connectivity index (χ4v) is 3.48. The molecule has 0 spiro atoms. The predicted octanol–water partition coefficient (Wildman–Crippen LogP) is 5.96. The molecule has 0 aliphatic carbocycles. The van der Waals surface area contributed by atoms with Crippen LogP contribution in [-0.2, 0) is 6.54 Å². The van der Waals surface area contributed by atoms with Gasteiger partial charge in [-0.05, 0) is 58.3 Å². The molecular weight excluding hydrogens is 418 g/mol. The minimum Gasteiger partial charge on any atom is -0.327 e. The van der Waals surface area contributed by atoms with E-state index in [1.165, 1.54) is 28.8 Å². The summed E-state index contributed by atoms with van der Waals surface area (Å²) in [6.07, 6.45) is 4.31. The number of nitrogens with zero attached hydrogens (tertiary/aromatic N) is 4. The van der Waals surface area contributed by atoms with E-state index in [0.29, 0.717) is 0 Å². The van der Waals surface area contributed by atoms with Gasteiger partial charge in [0.2, 0.25) is 0 Å². The Bertz CT molecular complexity index is 881. The second kappa shape index (κ2) is 15.5. The molecule has 34 heavy (non-hydrogen) atoms. The van der Waals surface area contributed by atoms with Gasteiger partial charge >= 0.3 is 0 Å². The van der Waals surface area contributed by atoms with Crippen LogP contribution in [0.3, 0.4) is 0 Å². The van der Waals surface area contributed by atoms with Crippen molar-refractivity contribution in [3.63, 3.8) is 0 Å². The van der Waals surface area contributed by atoms with E-state index in [1.54, 1.807) is 0 Å². The topological polar surface area (TPSA) is 36.3 Å². The van der Waals surface area contributed by atoms with Crippen molar-refractivity contribution >= 4 is 5.82 Å². The van der Waals surface area contributed by atoms with E-state index in [0.717, 1.165) is 56.6 Å². The molecule has 5 nitrogen and oxygen atoms in total. The summed E-state index contributed by atoms with van der Waals surface area (Å²) in [6.45, 7) is 25.9. The lowest BCUT2D eigenvalue weighted by Gasteiger charge is -2.36. The highest BCUT2D eigenvalue weighted by atomic mass is 15.4. The summed E-state index contributed by atoms with van der Waals surface area (Å²) < 4.78 is 2.11. The maximum atomic E-state index is 4.88. The van der Waals surface area contributed by atoms with Crippen LogP contribution in [0, 0.1) is 26.7 Å². The second-order valence-corrected chi connectivity index (χ2v) is 9.60. The van der Waals surface area contributed by atoms with E-state index >= 15 is 0 Å². The van der Waals surface area contributed by atoms with Crippen molar-refractivity contribution in [1.82, 2.24) is 20.0 Å². The molecule has 0 bridgehead atoms. The monoisotopic (exact) mass is 467 g/mol. The third-order valence-electron chi connectivity index (χ3n) is 5.96. The van der Waals surface area contributed by atoms with E-state index in [2.05, 4.69) is 98.8 Å². The Morgan fingerprint density at radius 2 is 1.76 bits per heavy atom. The predicted molar refractivity (Wildman–Crippen MR) is 150 cm³/mol. The zero-order chi connectivity index (χ0) is 25.7. The lowest BCUT2D eigenvalue weighted by molar-refractivity contribution is 0.285. The Kier molecular flexibility index (Phi) is 13.5. The van der Waals surface area contributed by atoms with E-state index in [1.807, 2.05) is 20.2 Å². The minimum absolute atomic E-state index is 0.811. The van der Waals surface area contributed by atoms with Gasteiger partial charge in [-0.1, -0.05) is 63.6 Å². The van der Waals surface area contributed by atoms with Crippen LogP contribution >= 0.6 is 0 Å². The lowest BCUT2D eigenvalue weighted by Crippen LogP contribution is -2.44. The Hall–Kier alpha value is -2.37. The molecule has 3 rings (SSSR count). The molecule has 0 unspecified atom stereocenters. The molecule has 190 valence electrons. The molecule has 1 aliphatic rings. The van der Waals surface area contributed by atoms with Crippen LogP contribution in [0.1, 0.15) is 56.0 Å². The van der Waals surface area contributed by atoms with Gasteiger partial charge in [-0.3, -0.25) is 9.58 Å². The second-order valence-electron chi connectivity index (χ2n) is 9.60. The summed E-state index contributed by atoms with van der Waals surface area (Å²) in [5.74, 6) is 1.90. The SMILES string of the molecule is C=CCCN1CCN(c2cc(C)n(Cc3cc(C)ccc3C)n2)C(=C)C1.CCC(C)C.CNC. The van der Waals surface area contributed by atoms with Crippen molar-refractivity contribution in [2.45, 2.75) is 60.9 Å². The largest absolute Gasteiger partial charge is 0.327 e. The number of aromatic nitrogens is 2. The Labute approximate surface area is 209 Å². The van der Waals surface area contributed by atoms with Gasteiger partial charge in [0.05, 0.1) is 6.54 Å². The quantitative estimate of drug-likeness (QED) is 0.510. The number of benzene rings is 1. The van der Waals surface area contributed by atoms with Gasteiger partial charge in [-0.25, -0.2) is 0 Å². The molecule has 1 N–H and O–H groups in total. The Morgan fingerprint density at radius 1 is 1.12 bits per heavy atom. The van der Waals surface area contributed by atoms with Crippen molar-refractivity contribution in [3.05, 3.63) is 71.6 Å². The molecule has 5 heteroatoms. The first kappa shape index (κ1) is 29.7. The lowest BCUT2D eigenvalue weighted by atomic mass is 10.1. The fraction of sp³-hybridized carbons (Fsp3) is 0.552. The average molecular weight is 468 g/mol. The van der Waals surface area contributed by atoms with E-state index in [4.69, 9.17) is 5.10 Å². The molecule has 1 aliphatic heterocycles. The van der Waals surface area contributed by atoms with Gasteiger partial charge in [0, 0.05) is 43.6 Å². The van der Waals surface area contributed by atoms with Crippen LogP contribution in [-0.4, -0.2) is 55.0 Å². The van der Waals surface area contributed by atoms with Crippen molar-refractivity contribution in [1.29, 1.82) is 0 Å².